The first kappa shape index (κ1) is 16.0. The monoisotopic (exact) mass is 298 g/mol. The molecule has 0 aromatic carbocycles. The van der Waals surface area contributed by atoms with Gasteiger partial charge in [-0.15, -0.1) is 0 Å². The predicted octanol–water partition coefficient (Wildman–Crippen LogP) is -0.356. The van der Waals surface area contributed by atoms with Crippen LogP contribution >= 0.6 is 0 Å². The molecule has 2 amide bonds. The highest BCUT2D eigenvalue weighted by Gasteiger charge is 2.36. The van der Waals surface area contributed by atoms with Crippen molar-refractivity contribution in [3.8, 4) is 0 Å². The van der Waals surface area contributed by atoms with Gasteiger partial charge in [-0.25, -0.2) is 4.79 Å². The second kappa shape index (κ2) is 7.61. The predicted molar refractivity (Wildman–Crippen MR) is 79.2 cm³/mol. The molecule has 2 aliphatic rings. The quantitative estimate of drug-likeness (QED) is 0.604. The molecule has 2 rings (SSSR count). The number of aliphatic carboxylic acids is 1. The Hall–Kier alpha value is -1.34. The van der Waals surface area contributed by atoms with Gasteiger partial charge in [-0.05, 0) is 18.9 Å². The highest BCUT2D eigenvalue weighted by atomic mass is 16.4. The van der Waals surface area contributed by atoms with Gasteiger partial charge in [-0.3, -0.25) is 4.79 Å². The van der Waals surface area contributed by atoms with Crippen LogP contribution in [0.4, 0.5) is 4.79 Å². The van der Waals surface area contributed by atoms with E-state index in [9.17, 15) is 9.59 Å². The highest BCUT2D eigenvalue weighted by Crippen LogP contribution is 2.22. The molecule has 2 unspecified atom stereocenters. The Labute approximate surface area is 125 Å². The molecule has 0 aromatic rings. The molecule has 2 saturated heterocycles. The van der Waals surface area contributed by atoms with Crippen LogP contribution in [0, 0.1) is 11.8 Å². The van der Waals surface area contributed by atoms with Crippen molar-refractivity contribution in [1.82, 2.24) is 20.4 Å². The molecular formula is C14H26N4O3. The summed E-state index contributed by atoms with van der Waals surface area (Å²) in [5, 5.41) is 15.3. The lowest BCUT2D eigenvalue weighted by Gasteiger charge is -2.27. The van der Waals surface area contributed by atoms with Gasteiger partial charge in [0.25, 0.3) is 0 Å². The van der Waals surface area contributed by atoms with Crippen molar-refractivity contribution in [2.45, 2.75) is 13.3 Å². The molecule has 7 nitrogen and oxygen atoms in total. The first-order chi connectivity index (χ1) is 10.1. The van der Waals surface area contributed by atoms with E-state index < -0.39 is 11.9 Å². The third kappa shape index (κ3) is 4.57. The van der Waals surface area contributed by atoms with E-state index in [-0.39, 0.29) is 11.9 Å². The average Bonchev–Trinajstić information content (AvgIpc) is 2.87. The fourth-order valence-electron chi connectivity index (χ4n) is 3.00. The lowest BCUT2D eigenvalue weighted by atomic mass is 9.99. The maximum absolute atomic E-state index is 12.0. The minimum Gasteiger partial charge on any atom is -0.481 e. The van der Waals surface area contributed by atoms with Gasteiger partial charge in [-0.2, -0.15) is 0 Å². The molecular weight excluding hydrogens is 272 g/mol. The van der Waals surface area contributed by atoms with Crippen molar-refractivity contribution in [3.05, 3.63) is 0 Å². The average molecular weight is 298 g/mol. The van der Waals surface area contributed by atoms with Crippen molar-refractivity contribution < 1.29 is 14.7 Å². The van der Waals surface area contributed by atoms with E-state index in [0.29, 0.717) is 19.6 Å². The fourth-order valence-corrected chi connectivity index (χ4v) is 3.00. The van der Waals surface area contributed by atoms with Gasteiger partial charge in [0.15, 0.2) is 0 Å². The molecule has 2 fully saturated rings. The Kier molecular flexibility index (Phi) is 5.81. The number of carboxylic acids is 1. The van der Waals surface area contributed by atoms with E-state index in [0.717, 1.165) is 39.1 Å². The van der Waals surface area contributed by atoms with Gasteiger partial charge in [0.1, 0.15) is 0 Å². The summed E-state index contributed by atoms with van der Waals surface area (Å²) in [4.78, 5) is 27.1. The zero-order valence-corrected chi connectivity index (χ0v) is 12.7. The van der Waals surface area contributed by atoms with E-state index in [1.807, 2.05) is 6.92 Å². The topological polar surface area (TPSA) is 84.9 Å². The number of nitrogens with zero attached hydrogens (tertiary/aromatic N) is 2. The first-order valence-corrected chi connectivity index (χ1v) is 7.76. The lowest BCUT2D eigenvalue weighted by molar-refractivity contribution is -0.142. The molecule has 0 bridgehead atoms. The molecule has 0 saturated carbocycles. The van der Waals surface area contributed by atoms with Crippen LogP contribution in [0.15, 0.2) is 0 Å². The Bertz CT molecular complexity index is 371. The largest absolute Gasteiger partial charge is 0.481 e. The van der Waals surface area contributed by atoms with E-state index >= 15 is 0 Å². The van der Waals surface area contributed by atoms with Crippen LogP contribution in [0.3, 0.4) is 0 Å². The smallest absolute Gasteiger partial charge is 0.317 e. The van der Waals surface area contributed by atoms with Crippen LogP contribution < -0.4 is 10.6 Å². The standard InChI is InChI=1S/C14H26N4O3/c1-11-9-18(10-12(11)13(19)20)14(21)16-3-2-6-17-7-4-15-5-8-17/h11-12,15H,2-10H2,1H3,(H,16,21)(H,19,20). The Morgan fingerprint density at radius 1 is 1.29 bits per heavy atom. The summed E-state index contributed by atoms with van der Waals surface area (Å²) in [6, 6.07) is -0.133. The molecule has 3 N–H and O–H groups in total. The van der Waals surface area contributed by atoms with Crippen LogP contribution in [0.25, 0.3) is 0 Å². The van der Waals surface area contributed by atoms with E-state index in [4.69, 9.17) is 5.11 Å². The molecule has 0 aromatic heterocycles. The molecule has 120 valence electrons. The zero-order valence-electron chi connectivity index (χ0n) is 12.7. The lowest BCUT2D eigenvalue weighted by Crippen LogP contribution is -2.45. The maximum Gasteiger partial charge on any atom is 0.317 e. The van der Waals surface area contributed by atoms with Crippen molar-refractivity contribution >= 4 is 12.0 Å². The third-order valence-electron chi connectivity index (χ3n) is 4.35. The number of carbonyl (C=O) groups excluding carboxylic acids is 1. The van der Waals surface area contributed by atoms with Gasteiger partial charge >= 0.3 is 12.0 Å². The summed E-state index contributed by atoms with van der Waals surface area (Å²) in [6.07, 6.45) is 0.928. The molecule has 2 aliphatic heterocycles. The Balaban J connectivity index is 1.62. The van der Waals surface area contributed by atoms with Gasteiger partial charge in [0.05, 0.1) is 5.92 Å². The summed E-state index contributed by atoms with van der Waals surface area (Å²) >= 11 is 0. The normalized spacial score (nSPS) is 26.8. The molecule has 0 spiro atoms. The summed E-state index contributed by atoms with van der Waals surface area (Å²) in [5.74, 6) is -1.22. The number of carbonyl (C=O) groups is 2. The maximum atomic E-state index is 12.0. The summed E-state index contributed by atoms with van der Waals surface area (Å²) in [6.45, 7) is 8.58. The number of piperazine rings is 1. The zero-order chi connectivity index (χ0) is 15.2. The van der Waals surface area contributed by atoms with Crippen LogP contribution in [0.2, 0.25) is 0 Å². The number of rotatable bonds is 5. The molecule has 2 heterocycles. The van der Waals surface area contributed by atoms with Crippen LogP contribution in [-0.2, 0) is 4.79 Å². The van der Waals surface area contributed by atoms with Gasteiger partial charge in [-0.1, -0.05) is 6.92 Å². The molecule has 21 heavy (non-hydrogen) atoms. The Morgan fingerprint density at radius 3 is 2.62 bits per heavy atom. The summed E-state index contributed by atoms with van der Waals surface area (Å²) < 4.78 is 0. The minimum absolute atomic E-state index is 0.0223. The number of carboxylic acid groups (broad SMARTS) is 1. The van der Waals surface area contributed by atoms with E-state index in [1.165, 1.54) is 0 Å². The highest BCUT2D eigenvalue weighted by molar-refractivity contribution is 5.77. The van der Waals surface area contributed by atoms with E-state index in [2.05, 4.69) is 15.5 Å². The molecule has 7 heteroatoms. The number of urea groups is 1. The van der Waals surface area contributed by atoms with Crippen molar-refractivity contribution in [1.29, 1.82) is 0 Å². The van der Waals surface area contributed by atoms with Crippen LogP contribution in [-0.4, -0.2) is 79.3 Å². The van der Waals surface area contributed by atoms with Crippen molar-refractivity contribution in [2.24, 2.45) is 11.8 Å². The number of nitrogens with one attached hydrogen (secondary N) is 2. The van der Waals surface area contributed by atoms with Gasteiger partial charge in [0, 0.05) is 45.8 Å². The first-order valence-electron chi connectivity index (χ1n) is 7.76. The summed E-state index contributed by atoms with van der Waals surface area (Å²) in [5.41, 5.74) is 0. The number of hydrogen-bond donors (Lipinski definition) is 3. The van der Waals surface area contributed by atoms with Crippen molar-refractivity contribution in [2.75, 3.05) is 52.4 Å². The Morgan fingerprint density at radius 2 is 2.00 bits per heavy atom. The van der Waals surface area contributed by atoms with Gasteiger partial charge in [0.2, 0.25) is 0 Å². The molecule has 0 aliphatic carbocycles. The number of amides is 2. The van der Waals surface area contributed by atoms with Crippen molar-refractivity contribution in [3.63, 3.8) is 0 Å². The number of likely N-dealkylation sites (tertiary alicyclic amines) is 1. The van der Waals surface area contributed by atoms with Crippen LogP contribution in [0.5, 0.6) is 0 Å². The second-order valence-corrected chi connectivity index (χ2v) is 6.00. The third-order valence-corrected chi connectivity index (χ3v) is 4.35. The SMILES string of the molecule is CC1CN(C(=O)NCCCN2CCNCC2)CC1C(=O)O. The minimum atomic E-state index is -0.809. The summed E-state index contributed by atoms with van der Waals surface area (Å²) in [7, 11) is 0. The number of hydrogen-bond acceptors (Lipinski definition) is 4. The molecule has 2 atom stereocenters. The van der Waals surface area contributed by atoms with E-state index in [1.54, 1.807) is 4.90 Å². The van der Waals surface area contributed by atoms with Crippen LogP contribution in [0.1, 0.15) is 13.3 Å². The second-order valence-electron chi connectivity index (χ2n) is 6.00. The van der Waals surface area contributed by atoms with Gasteiger partial charge < -0.3 is 25.5 Å². The molecule has 0 radical (unpaired) electrons. The fraction of sp³-hybridized carbons (Fsp3) is 0.857.